The minimum Gasteiger partial charge on any atom is -0.504 e. The van der Waals surface area contributed by atoms with Crippen LogP contribution in [0.4, 0.5) is 5.69 Å². The van der Waals surface area contributed by atoms with Crippen LogP contribution >= 0.6 is 0 Å². The van der Waals surface area contributed by atoms with Crippen molar-refractivity contribution in [1.29, 1.82) is 0 Å². The van der Waals surface area contributed by atoms with Crippen molar-refractivity contribution < 1.29 is 14.6 Å². The number of hydrogen-bond acceptors (Lipinski definition) is 3. The lowest BCUT2D eigenvalue weighted by Crippen LogP contribution is -2.20. The highest BCUT2D eigenvalue weighted by atomic mass is 16.5. The summed E-state index contributed by atoms with van der Waals surface area (Å²) in [4.78, 5) is 11.7. The number of anilines is 1. The second-order valence-corrected chi connectivity index (χ2v) is 4.12. The fourth-order valence-corrected chi connectivity index (χ4v) is 1.62. The van der Waals surface area contributed by atoms with Crippen LogP contribution in [-0.2, 0) is 4.79 Å². The summed E-state index contributed by atoms with van der Waals surface area (Å²) in [5.41, 5.74) is 1.74. The number of carbonyl (C=O) groups excluding carboxylic acids is 1. The first-order chi connectivity index (χ1) is 9.16. The van der Waals surface area contributed by atoms with Crippen LogP contribution in [0.1, 0.15) is 5.56 Å². The van der Waals surface area contributed by atoms with Crippen molar-refractivity contribution in [1.82, 2.24) is 0 Å². The van der Waals surface area contributed by atoms with E-state index in [2.05, 4.69) is 5.32 Å². The van der Waals surface area contributed by atoms with Crippen LogP contribution in [0.25, 0.3) is 0 Å². The molecule has 0 aromatic heterocycles. The number of benzene rings is 2. The van der Waals surface area contributed by atoms with Gasteiger partial charge in [-0.2, -0.15) is 0 Å². The van der Waals surface area contributed by atoms with E-state index in [-0.39, 0.29) is 18.3 Å². The van der Waals surface area contributed by atoms with Gasteiger partial charge in [-0.3, -0.25) is 4.79 Å². The molecule has 4 heteroatoms. The average molecular weight is 257 g/mol. The number of aryl methyl sites for hydroxylation is 1. The van der Waals surface area contributed by atoms with Crippen molar-refractivity contribution in [2.75, 3.05) is 11.9 Å². The van der Waals surface area contributed by atoms with Crippen molar-refractivity contribution in [3.8, 4) is 11.5 Å². The molecule has 1 amide bonds. The third-order valence-electron chi connectivity index (χ3n) is 2.64. The largest absolute Gasteiger partial charge is 0.504 e. The van der Waals surface area contributed by atoms with E-state index in [1.807, 2.05) is 31.2 Å². The number of hydrogen-bond donors (Lipinski definition) is 2. The van der Waals surface area contributed by atoms with Gasteiger partial charge in [0.2, 0.25) is 0 Å². The van der Waals surface area contributed by atoms with Crippen molar-refractivity contribution in [2.24, 2.45) is 0 Å². The van der Waals surface area contributed by atoms with E-state index in [1.165, 1.54) is 6.07 Å². The summed E-state index contributed by atoms with van der Waals surface area (Å²) in [7, 11) is 0. The molecule has 0 aliphatic heterocycles. The Morgan fingerprint density at radius 2 is 1.84 bits per heavy atom. The lowest BCUT2D eigenvalue weighted by molar-refractivity contribution is -0.118. The Morgan fingerprint density at radius 3 is 2.58 bits per heavy atom. The van der Waals surface area contributed by atoms with Crippen LogP contribution in [-0.4, -0.2) is 17.6 Å². The van der Waals surface area contributed by atoms with Crippen LogP contribution in [0.3, 0.4) is 0 Å². The van der Waals surface area contributed by atoms with Gasteiger partial charge in [0.15, 0.2) is 18.1 Å². The first-order valence-corrected chi connectivity index (χ1v) is 5.93. The standard InChI is InChI=1S/C15H15NO3/c1-11-6-2-3-7-12(11)16-15(18)10-19-14-9-5-4-8-13(14)17/h2-9,17H,10H2,1H3,(H,16,18). The molecule has 98 valence electrons. The molecule has 4 nitrogen and oxygen atoms in total. The Morgan fingerprint density at radius 1 is 1.16 bits per heavy atom. The predicted octanol–water partition coefficient (Wildman–Crippen LogP) is 2.72. The minimum absolute atomic E-state index is 0.0196. The van der Waals surface area contributed by atoms with E-state index in [1.54, 1.807) is 18.2 Å². The molecule has 2 aromatic rings. The molecule has 2 rings (SSSR count). The minimum atomic E-state index is -0.266. The van der Waals surface area contributed by atoms with Gasteiger partial charge in [0, 0.05) is 5.69 Å². The fraction of sp³-hybridized carbons (Fsp3) is 0.133. The third kappa shape index (κ3) is 3.48. The number of amides is 1. The topological polar surface area (TPSA) is 58.6 Å². The first-order valence-electron chi connectivity index (χ1n) is 5.93. The van der Waals surface area contributed by atoms with Gasteiger partial charge in [0.05, 0.1) is 0 Å². The van der Waals surface area contributed by atoms with Crippen LogP contribution < -0.4 is 10.1 Å². The van der Waals surface area contributed by atoms with Crippen molar-refractivity contribution in [3.63, 3.8) is 0 Å². The van der Waals surface area contributed by atoms with Gasteiger partial charge in [-0.15, -0.1) is 0 Å². The Balaban J connectivity index is 1.92. The molecule has 0 unspecified atom stereocenters. The molecule has 0 heterocycles. The van der Waals surface area contributed by atoms with E-state index >= 15 is 0 Å². The van der Waals surface area contributed by atoms with Crippen molar-refractivity contribution in [2.45, 2.75) is 6.92 Å². The molecule has 0 spiro atoms. The summed E-state index contributed by atoms with van der Waals surface area (Å²) in [5, 5.41) is 12.3. The maximum atomic E-state index is 11.7. The molecule has 2 N–H and O–H groups in total. The Hall–Kier alpha value is -2.49. The quantitative estimate of drug-likeness (QED) is 0.885. The van der Waals surface area contributed by atoms with E-state index in [0.717, 1.165) is 11.3 Å². The van der Waals surface area contributed by atoms with Crippen LogP contribution in [0.2, 0.25) is 0 Å². The SMILES string of the molecule is Cc1ccccc1NC(=O)COc1ccccc1O. The summed E-state index contributed by atoms with van der Waals surface area (Å²) in [6.45, 7) is 1.77. The summed E-state index contributed by atoms with van der Waals surface area (Å²) in [5.74, 6) is 0.0474. The van der Waals surface area contributed by atoms with Crippen LogP contribution in [0.5, 0.6) is 11.5 Å². The van der Waals surface area contributed by atoms with Gasteiger partial charge in [0.1, 0.15) is 0 Å². The highest BCUT2D eigenvalue weighted by molar-refractivity contribution is 5.92. The molecule has 0 bridgehead atoms. The maximum Gasteiger partial charge on any atom is 0.262 e. The Labute approximate surface area is 111 Å². The van der Waals surface area contributed by atoms with E-state index < -0.39 is 0 Å². The monoisotopic (exact) mass is 257 g/mol. The van der Waals surface area contributed by atoms with E-state index in [0.29, 0.717) is 5.75 Å². The number of phenols is 1. The smallest absolute Gasteiger partial charge is 0.262 e. The third-order valence-corrected chi connectivity index (χ3v) is 2.64. The van der Waals surface area contributed by atoms with Gasteiger partial charge in [-0.25, -0.2) is 0 Å². The highest BCUT2D eigenvalue weighted by Crippen LogP contribution is 2.24. The second kappa shape index (κ2) is 5.91. The molecule has 0 radical (unpaired) electrons. The van der Waals surface area contributed by atoms with Crippen molar-refractivity contribution >= 4 is 11.6 Å². The normalized spacial score (nSPS) is 9.95. The predicted molar refractivity (Wildman–Crippen MR) is 73.4 cm³/mol. The van der Waals surface area contributed by atoms with Gasteiger partial charge >= 0.3 is 0 Å². The zero-order valence-corrected chi connectivity index (χ0v) is 10.6. The molecule has 0 saturated carbocycles. The average Bonchev–Trinajstić information content (AvgIpc) is 2.40. The molecule has 0 fully saturated rings. The summed E-state index contributed by atoms with van der Waals surface area (Å²) in [6, 6.07) is 14.0. The number of phenolic OH excluding ortho intramolecular Hbond substituents is 1. The van der Waals surface area contributed by atoms with E-state index in [9.17, 15) is 9.90 Å². The number of para-hydroxylation sites is 3. The lowest BCUT2D eigenvalue weighted by atomic mass is 10.2. The van der Waals surface area contributed by atoms with Crippen LogP contribution in [0.15, 0.2) is 48.5 Å². The van der Waals surface area contributed by atoms with Gasteiger partial charge in [0.25, 0.3) is 5.91 Å². The summed E-state index contributed by atoms with van der Waals surface area (Å²) < 4.78 is 5.25. The molecule has 19 heavy (non-hydrogen) atoms. The van der Waals surface area contributed by atoms with Crippen LogP contribution in [0, 0.1) is 6.92 Å². The highest BCUT2D eigenvalue weighted by Gasteiger charge is 2.07. The number of rotatable bonds is 4. The Bertz CT molecular complexity index is 581. The number of nitrogens with one attached hydrogen (secondary N) is 1. The summed E-state index contributed by atoms with van der Waals surface area (Å²) >= 11 is 0. The number of carbonyl (C=O) groups is 1. The fourth-order valence-electron chi connectivity index (χ4n) is 1.62. The van der Waals surface area contributed by atoms with Crippen molar-refractivity contribution in [3.05, 3.63) is 54.1 Å². The second-order valence-electron chi connectivity index (χ2n) is 4.12. The molecule has 0 aliphatic rings. The Kier molecular flexibility index (Phi) is 4.03. The van der Waals surface area contributed by atoms with Gasteiger partial charge < -0.3 is 15.2 Å². The molecular weight excluding hydrogens is 242 g/mol. The molecule has 0 saturated heterocycles. The molecule has 2 aromatic carbocycles. The zero-order valence-electron chi connectivity index (χ0n) is 10.6. The van der Waals surface area contributed by atoms with Gasteiger partial charge in [-0.1, -0.05) is 30.3 Å². The molecule has 0 aliphatic carbocycles. The molecular formula is C15H15NO3. The van der Waals surface area contributed by atoms with E-state index in [4.69, 9.17) is 4.74 Å². The van der Waals surface area contributed by atoms with Gasteiger partial charge in [-0.05, 0) is 30.7 Å². The number of ether oxygens (including phenoxy) is 1. The summed E-state index contributed by atoms with van der Waals surface area (Å²) in [6.07, 6.45) is 0. The zero-order chi connectivity index (χ0) is 13.7. The molecule has 0 atom stereocenters. The first kappa shape index (κ1) is 13.0. The lowest BCUT2D eigenvalue weighted by Gasteiger charge is -2.10. The number of aromatic hydroxyl groups is 1. The maximum absolute atomic E-state index is 11.7.